The van der Waals surface area contributed by atoms with Crippen molar-refractivity contribution in [3.8, 4) is 11.4 Å². The number of carbonyl (C=O) groups is 1. The molecule has 1 heterocycles. The third-order valence-electron chi connectivity index (χ3n) is 4.39. The van der Waals surface area contributed by atoms with Crippen molar-refractivity contribution in [2.75, 3.05) is 5.32 Å². The Labute approximate surface area is 169 Å². The van der Waals surface area contributed by atoms with Crippen LogP contribution < -0.4 is 10.1 Å². The number of hydrogen-bond acceptors (Lipinski definition) is 4. The van der Waals surface area contributed by atoms with Crippen molar-refractivity contribution in [2.45, 2.75) is 26.9 Å². The number of nitrogens with zero attached hydrogens (tertiary/aromatic N) is 3. The number of carbonyl (C=O) groups excluding carboxylic acids is 1. The lowest BCUT2D eigenvalue weighted by atomic mass is 10.2. The van der Waals surface area contributed by atoms with Crippen molar-refractivity contribution in [3.63, 3.8) is 0 Å². The Kier molecular flexibility index (Phi) is 4.99. The molecule has 0 aliphatic heterocycles. The maximum Gasteiger partial charge on any atom is 0.255 e. The van der Waals surface area contributed by atoms with E-state index in [0.717, 1.165) is 17.0 Å². The molecular weight excluding hydrogens is 364 g/mol. The molecule has 6 heteroatoms. The van der Waals surface area contributed by atoms with Gasteiger partial charge in [-0.25, -0.2) is 0 Å². The fourth-order valence-electron chi connectivity index (χ4n) is 2.95. The van der Waals surface area contributed by atoms with Gasteiger partial charge in [0, 0.05) is 11.3 Å². The summed E-state index contributed by atoms with van der Waals surface area (Å²) >= 11 is 0. The highest BCUT2D eigenvalue weighted by atomic mass is 16.5. The zero-order valence-corrected chi connectivity index (χ0v) is 16.6. The zero-order chi connectivity index (χ0) is 20.4. The van der Waals surface area contributed by atoms with Crippen LogP contribution in [0, 0.1) is 6.92 Å². The number of rotatable bonds is 5. The second-order valence-corrected chi connectivity index (χ2v) is 7.17. The molecule has 0 fully saturated rings. The van der Waals surface area contributed by atoms with Gasteiger partial charge < -0.3 is 10.1 Å². The number of ether oxygens (including phenoxy) is 1. The van der Waals surface area contributed by atoms with Crippen LogP contribution in [0.25, 0.3) is 16.7 Å². The van der Waals surface area contributed by atoms with Gasteiger partial charge in [0.2, 0.25) is 0 Å². The van der Waals surface area contributed by atoms with Crippen LogP contribution in [0.1, 0.15) is 29.8 Å². The lowest BCUT2D eigenvalue weighted by Gasteiger charge is -2.10. The molecular formula is C23H22N4O2. The molecule has 0 saturated carbocycles. The summed E-state index contributed by atoms with van der Waals surface area (Å²) in [6, 6.07) is 20.6. The molecule has 0 radical (unpaired) electrons. The largest absolute Gasteiger partial charge is 0.491 e. The third kappa shape index (κ3) is 4.27. The van der Waals surface area contributed by atoms with Crippen LogP contribution in [0.2, 0.25) is 0 Å². The van der Waals surface area contributed by atoms with Crippen LogP contribution in [0.15, 0.2) is 66.7 Å². The number of aromatic nitrogens is 3. The van der Waals surface area contributed by atoms with Crippen molar-refractivity contribution in [1.82, 2.24) is 15.0 Å². The molecule has 0 aliphatic rings. The van der Waals surface area contributed by atoms with Gasteiger partial charge in [0.05, 0.1) is 11.8 Å². The standard InChI is InChI=1S/C23H22N4O2/c1-15(2)29-20-11-6-17(7-12-20)23(28)24-18-8-13-21-22(14-18)26-27(25-21)19-9-4-16(3)5-10-19/h4-15H,1-3H3,(H,24,28). The second-order valence-electron chi connectivity index (χ2n) is 7.17. The van der Waals surface area contributed by atoms with Gasteiger partial charge in [-0.15, -0.1) is 10.2 Å². The summed E-state index contributed by atoms with van der Waals surface area (Å²) in [5.41, 5.74) is 4.77. The highest BCUT2D eigenvalue weighted by Gasteiger charge is 2.10. The molecule has 0 saturated heterocycles. The maximum absolute atomic E-state index is 12.5. The van der Waals surface area contributed by atoms with Crippen molar-refractivity contribution >= 4 is 22.6 Å². The summed E-state index contributed by atoms with van der Waals surface area (Å²) in [6.45, 7) is 5.97. The Balaban J connectivity index is 1.52. The molecule has 0 aliphatic carbocycles. The third-order valence-corrected chi connectivity index (χ3v) is 4.39. The average molecular weight is 386 g/mol. The summed E-state index contributed by atoms with van der Waals surface area (Å²) in [7, 11) is 0. The fourth-order valence-corrected chi connectivity index (χ4v) is 2.95. The van der Waals surface area contributed by atoms with Crippen LogP contribution in [0.4, 0.5) is 5.69 Å². The molecule has 146 valence electrons. The molecule has 29 heavy (non-hydrogen) atoms. The van der Waals surface area contributed by atoms with Crippen LogP contribution in [-0.2, 0) is 0 Å². The molecule has 0 atom stereocenters. The van der Waals surface area contributed by atoms with Crippen molar-refractivity contribution in [1.29, 1.82) is 0 Å². The number of fused-ring (bicyclic) bond motifs is 1. The Hall–Kier alpha value is -3.67. The predicted molar refractivity (Wildman–Crippen MR) is 114 cm³/mol. The molecule has 3 aromatic carbocycles. The Morgan fingerprint density at radius 2 is 1.62 bits per heavy atom. The molecule has 1 N–H and O–H groups in total. The molecule has 6 nitrogen and oxygen atoms in total. The van der Waals surface area contributed by atoms with Crippen LogP contribution >= 0.6 is 0 Å². The van der Waals surface area contributed by atoms with E-state index in [1.54, 1.807) is 29.1 Å². The first-order valence-corrected chi connectivity index (χ1v) is 9.50. The van der Waals surface area contributed by atoms with E-state index < -0.39 is 0 Å². The molecule has 0 spiro atoms. The van der Waals surface area contributed by atoms with Gasteiger partial charge in [0.1, 0.15) is 16.8 Å². The topological polar surface area (TPSA) is 69.0 Å². The molecule has 0 bridgehead atoms. The smallest absolute Gasteiger partial charge is 0.255 e. The summed E-state index contributed by atoms with van der Waals surface area (Å²) in [4.78, 5) is 14.1. The maximum atomic E-state index is 12.5. The summed E-state index contributed by atoms with van der Waals surface area (Å²) in [5, 5.41) is 11.9. The van der Waals surface area contributed by atoms with E-state index in [9.17, 15) is 4.79 Å². The number of aryl methyl sites for hydroxylation is 1. The molecule has 1 aromatic heterocycles. The van der Waals surface area contributed by atoms with Crippen molar-refractivity contribution < 1.29 is 9.53 Å². The van der Waals surface area contributed by atoms with Gasteiger partial charge in [0.15, 0.2) is 0 Å². The first-order valence-electron chi connectivity index (χ1n) is 9.50. The Morgan fingerprint density at radius 1 is 0.931 bits per heavy atom. The van der Waals surface area contributed by atoms with E-state index in [1.165, 1.54) is 5.56 Å². The first kappa shape index (κ1) is 18.7. The summed E-state index contributed by atoms with van der Waals surface area (Å²) < 4.78 is 5.61. The monoisotopic (exact) mass is 386 g/mol. The van der Waals surface area contributed by atoms with E-state index in [0.29, 0.717) is 16.8 Å². The average Bonchev–Trinajstić information content (AvgIpc) is 3.12. The van der Waals surface area contributed by atoms with Gasteiger partial charge in [0.25, 0.3) is 5.91 Å². The zero-order valence-electron chi connectivity index (χ0n) is 16.6. The van der Waals surface area contributed by atoms with Crippen LogP contribution in [-0.4, -0.2) is 27.0 Å². The quantitative estimate of drug-likeness (QED) is 0.536. The van der Waals surface area contributed by atoms with Crippen LogP contribution in [0.3, 0.4) is 0 Å². The normalized spacial score (nSPS) is 11.0. The minimum absolute atomic E-state index is 0.0923. The van der Waals surface area contributed by atoms with Crippen molar-refractivity contribution in [3.05, 3.63) is 77.9 Å². The van der Waals surface area contributed by atoms with E-state index in [1.807, 2.05) is 63.2 Å². The van der Waals surface area contributed by atoms with Gasteiger partial charge in [-0.05, 0) is 75.4 Å². The summed E-state index contributed by atoms with van der Waals surface area (Å²) in [6.07, 6.45) is 0.0923. The van der Waals surface area contributed by atoms with Crippen molar-refractivity contribution in [2.24, 2.45) is 0 Å². The number of benzene rings is 3. The minimum Gasteiger partial charge on any atom is -0.491 e. The summed E-state index contributed by atoms with van der Waals surface area (Å²) in [5.74, 6) is 0.553. The fraction of sp³-hybridized carbons (Fsp3) is 0.174. The predicted octanol–water partition coefficient (Wildman–Crippen LogP) is 4.77. The minimum atomic E-state index is -0.189. The Morgan fingerprint density at radius 3 is 2.31 bits per heavy atom. The lowest BCUT2D eigenvalue weighted by Crippen LogP contribution is -2.12. The highest BCUT2D eigenvalue weighted by molar-refractivity contribution is 6.05. The SMILES string of the molecule is Cc1ccc(-n2nc3ccc(NC(=O)c4ccc(OC(C)C)cc4)cc3n2)cc1. The van der Waals surface area contributed by atoms with Crippen LogP contribution in [0.5, 0.6) is 5.75 Å². The Bertz CT molecular complexity index is 1150. The first-order chi connectivity index (χ1) is 14.0. The molecule has 4 aromatic rings. The van der Waals surface area contributed by atoms with E-state index in [4.69, 9.17) is 4.74 Å². The van der Waals surface area contributed by atoms with E-state index >= 15 is 0 Å². The van der Waals surface area contributed by atoms with E-state index in [2.05, 4.69) is 15.5 Å². The van der Waals surface area contributed by atoms with Gasteiger partial charge in [-0.2, -0.15) is 4.80 Å². The number of hydrogen-bond donors (Lipinski definition) is 1. The van der Waals surface area contributed by atoms with Gasteiger partial charge >= 0.3 is 0 Å². The number of anilines is 1. The highest BCUT2D eigenvalue weighted by Crippen LogP contribution is 2.19. The molecule has 0 unspecified atom stereocenters. The van der Waals surface area contributed by atoms with Gasteiger partial charge in [-0.1, -0.05) is 17.7 Å². The molecule has 4 rings (SSSR count). The molecule has 1 amide bonds. The van der Waals surface area contributed by atoms with Gasteiger partial charge in [-0.3, -0.25) is 4.79 Å². The number of amides is 1. The lowest BCUT2D eigenvalue weighted by molar-refractivity contribution is 0.102. The number of nitrogens with one attached hydrogen (secondary N) is 1. The van der Waals surface area contributed by atoms with E-state index in [-0.39, 0.29) is 12.0 Å². The second kappa shape index (κ2) is 7.75.